The van der Waals surface area contributed by atoms with Crippen molar-refractivity contribution in [2.45, 2.75) is 6.54 Å². The summed E-state index contributed by atoms with van der Waals surface area (Å²) in [6, 6.07) is 18.7. The Kier molecular flexibility index (Phi) is 8.03. The van der Waals surface area contributed by atoms with E-state index in [0.717, 1.165) is 16.7 Å². The molecule has 0 bridgehead atoms. The average Bonchev–Trinajstić information content (AvgIpc) is 3.09. The van der Waals surface area contributed by atoms with E-state index >= 15 is 0 Å². The molecule has 0 aromatic heterocycles. The topological polar surface area (TPSA) is 75.7 Å². The number of thioether (sulfide) groups is 1. The van der Waals surface area contributed by atoms with Gasteiger partial charge in [0.15, 0.2) is 6.61 Å². The molecule has 3 aromatic rings. The van der Waals surface area contributed by atoms with Crippen molar-refractivity contribution < 1.29 is 19.1 Å². The van der Waals surface area contributed by atoms with Gasteiger partial charge in [0.2, 0.25) is 0 Å². The van der Waals surface area contributed by atoms with Gasteiger partial charge in [0.05, 0.1) is 22.2 Å². The highest BCUT2D eigenvalue weighted by Gasteiger charge is 2.35. The molecular formula is C25H17Cl3N2O4S. The highest BCUT2D eigenvalue weighted by molar-refractivity contribution is 8.18. The Morgan fingerprint density at radius 1 is 0.971 bits per heavy atom. The largest absolute Gasteiger partial charge is 0.483 e. The minimum absolute atomic E-state index is 0.0262. The SMILES string of the molecule is O=C(COc1ccccc1/C=C1\SC(=O)N(Cc2ccc(Cl)cc2Cl)C1=O)Nc1ccccc1Cl. The number of carbonyl (C=O) groups is 3. The molecule has 1 saturated heterocycles. The summed E-state index contributed by atoms with van der Waals surface area (Å²) in [5, 5.41) is 3.52. The predicted molar refractivity (Wildman–Crippen MR) is 140 cm³/mol. The lowest BCUT2D eigenvalue weighted by Crippen LogP contribution is -2.27. The molecule has 1 fully saturated rings. The number of halogens is 3. The molecule has 178 valence electrons. The van der Waals surface area contributed by atoms with Gasteiger partial charge in [-0.2, -0.15) is 0 Å². The zero-order chi connectivity index (χ0) is 24.9. The second-order valence-corrected chi connectivity index (χ2v) is 9.60. The summed E-state index contributed by atoms with van der Waals surface area (Å²) < 4.78 is 5.68. The number of para-hydroxylation sites is 2. The number of anilines is 1. The summed E-state index contributed by atoms with van der Waals surface area (Å²) in [5.41, 5.74) is 1.63. The minimum Gasteiger partial charge on any atom is -0.483 e. The molecule has 0 radical (unpaired) electrons. The third-order valence-electron chi connectivity index (χ3n) is 4.93. The van der Waals surface area contributed by atoms with Gasteiger partial charge in [-0.1, -0.05) is 71.2 Å². The second-order valence-electron chi connectivity index (χ2n) is 7.36. The molecule has 0 atom stereocenters. The van der Waals surface area contributed by atoms with Gasteiger partial charge < -0.3 is 10.1 Å². The van der Waals surface area contributed by atoms with Gasteiger partial charge in [0.25, 0.3) is 17.1 Å². The van der Waals surface area contributed by atoms with E-state index in [0.29, 0.717) is 37.6 Å². The zero-order valence-electron chi connectivity index (χ0n) is 18.0. The number of carbonyl (C=O) groups excluding carboxylic acids is 3. The van der Waals surface area contributed by atoms with E-state index < -0.39 is 17.1 Å². The fourth-order valence-electron chi connectivity index (χ4n) is 3.22. The van der Waals surface area contributed by atoms with Crippen molar-refractivity contribution in [2.24, 2.45) is 0 Å². The van der Waals surface area contributed by atoms with E-state index in [1.54, 1.807) is 72.8 Å². The first kappa shape index (κ1) is 25.1. The maximum Gasteiger partial charge on any atom is 0.293 e. The van der Waals surface area contributed by atoms with Crippen LogP contribution in [0.25, 0.3) is 6.08 Å². The van der Waals surface area contributed by atoms with Crippen LogP contribution in [-0.2, 0) is 16.1 Å². The van der Waals surface area contributed by atoms with Crippen molar-refractivity contribution >= 4 is 75.4 Å². The first-order valence-electron chi connectivity index (χ1n) is 10.3. The summed E-state index contributed by atoms with van der Waals surface area (Å²) in [7, 11) is 0. The van der Waals surface area contributed by atoms with E-state index in [-0.39, 0.29) is 18.1 Å². The molecule has 1 N–H and O–H groups in total. The lowest BCUT2D eigenvalue weighted by molar-refractivity contribution is -0.123. The van der Waals surface area contributed by atoms with Gasteiger partial charge in [-0.15, -0.1) is 0 Å². The fraction of sp³-hybridized carbons (Fsp3) is 0.0800. The Bertz CT molecular complexity index is 1350. The molecule has 10 heteroatoms. The van der Waals surface area contributed by atoms with Gasteiger partial charge in [0, 0.05) is 15.6 Å². The molecule has 1 aliphatic rings. The number of imide groups is 1. The number of nitrogens with zero attached hydrogens (tertiary/aromatic N) is 1. The Labute approximate surface area is 220 Å². The summed E-state index contributed by atoms with van der Waals surface area (Å²) in [4.78, 5) is 39.1. The van der Waals surface area contributed by atoms with Crippen molar-refractivity contribution in [2.75, 3.05) is 11.9 Å². The smallest absolute Gasteiger partial charge is 0.293 e. The third-order valence-corrected chi connectivity index (χ3v) is 6.75. The van der Waals surface area contributed by atoms with E-state index in [4.69, 9.17) is 39.5 Å². The lowest BCUT2D eigenvalue weighted by Gasteiger charge is -2.14. The normalized spacial score (nSPS) is 14.5. The molecule has 1 aliphatic heterocycles. The van der Waals surface area contributed by atoms with Crippen LogP contribution in [0, 0.1) is 0 Å². The van der Waals surface area contributed by atoms with Gasteiger partial charge in [-0.3, -0.25) is 19.3 Å². The Balaban J connectivity index is 1.46. The standard InChI is InChI=1S/C25H17Cl3N2O4S/c26-17-10-9-16(19(28)12-17)13-30-24(32)22(35-25(30)33)11-15-5-1-4-8-21(15)34-14-23(31)29-20-7-3-2-6-18(20)27/h1-12H,13-14H2,(H,29,31)/b22-11-. The Morgan fingerprint density at radius 3 is 2.49 bits per heavy atom. The maximum atomic E-state index is 12.9. The molecule has 0 aliphatic carbocycles. The van der Waals surface area contributed by atoms with Crippen LogP contribution in [0.2, 0.25) is 15.1 Å². The Morgan fingerprint density at radius 2 is 1.71 bits per heavy atom. The van der Waals surface area contributed by atoms with Crippen molar-refractivity contribution in [3.8, 4) is 5.75 Å². The summed E-state index contributed by atoms with van der Waals surface area (Å²) in [6.07, 6.45) is 1.57. The third kappa shape index (κ3) is 6.18. The van der Waals surface area contributed by atoms with Crippen LogP contribution in [0.4, 0.5) is 10.5 Å². The second kappa shape index (κ2) is 11.2. The number of hydrogen-bond acceptors (Lipinski definition) is 5. The van der Waals surface area contributed by atoms with E-state index in [1.165, 1.54) is 0 Å². The Hall–Kier alpha value is -2.97. The number of nitrogens with one attached hydrogen (secondary N) is 1. The van der Waals surface area contributed by atoms with E-state index in [1.807, 2.05) is 0 Å². The zero-order valence-corrected chi connectivity index (χ0v) is 21.0. The van der Waals surface area contributed by atoms with E-state index in [2.05, 4.69) is 5.32 Å². The molecule has 0 spiro atoms. The van der Waals surface area contributed by atoms with Gasteiger partial charge in [-0.05, 0) is 53.7 Å². The monoisotopic (exact) mass is 546 g/mol. The highest BCUT2D eigenvalue weighted by Crippen LogP contribution is 2.36. The van der Waals surface area contributed by atoms with Crippen LogP contribution in [0.15, 0.2) is 71.6 Å². The van der Waals surface area contributed by atoms with Gasteiger partial charge >= 0.3 is 0 Å². The number of amides is 3. The van der Waals surface area contributed by atoms with Gasteiger partial charge in [-0.25, -0.2) is 0 Å². The first-order valence-corrected chi connectivity index (χ1v) is 12.2. The quantitative estimate of drug-likeness (QED) is 0.326. The van der Waals surface area contributed by atoms with Crippen LogP contribution in [0.5, 0.6) is 5.75 Å². The lowest BCUT2D eigenvalue weighted by atomic mass is 10.1. The molecule has 4 rings (SSSR count). The van der Waals surface area contributed by atoms with Crippen molar-refractivity contribution in [1.29, 1.82) is 0 Å². The summed E-state index contributed by atoms with van der Waals surface area (Å²) in [5.74, 6) is -0.459. The first-order chi connectivity index (χ1) is 16.8. The minimum atomic E-state index is -0.447. The number of hydrogen-bond donors (Lipinski definition) is 1. The van der Waals surface area contributed by atoms with Crippen molar-refractivity contribution in [1.82, 2.24) is 4.90 Å². The molecule has 6 nitrogen and oxygen atoms in total. The van der Waals surface area contributed by atoms with Crippen LogP contribution in [0.3, 0.4) is 0 Å². The van der Waals surface area contributed by atoms with Crippen LogP contribution >= 0.6 is 46.6 Å². The molecule has 0 unspecified atom stereocenters. The number of ether oxygens (including phenoxy) is 1. The highest BCUT2D eigenvalue weighted by atomic mass is 35.5. The molecular weight excluding hydrogens is 531 g/mol. The molecule has 3 amide bonds. The molecule has 3 aromatic carbocycles. The van der Waals surface area contributed by atoms with Crippen molar-refractivity contribution in [3.63, 3.8) is 0 Å². The fourth-order valence-corrected chi connectivity index (χ4v) is 4.70. The van der Waals surface area contributed by atoms with E-state index in [9.17, 15) is 14.4 Å². The maximum absolute atomic E-state index is 12.9. The van der Waals surface area contributed by atoms with Crippen molar-refractivity contribution in [3.05, 3.63) is 97.8 Å². The molecule has 1 heterocycles. The molecule has 35 heavy (non-hydrogen) atoms. The predicted octanol–water partition coefficient (Wildman–Crippen LogP) is 6.90. The number of benzene rings is 3. The van der Waals surface area contributed by atoms with Gasteiger partial charge in [0.1, 0.15) is 5.75 Å². The molecule has 0 saturated carbocycles. The van der Waals surface area contributed by atoms with Crippen LogP contribution in [0.1, 0.15) is 11.1 Å². The van der Waals surface area contributed by atoms with Crippen LogP contribution < -0.4 is 10.1 Å². The number of rotatable bonds is 7. The summed E-state index contributed by atoms with van der Waals surface area (Å²) >= 11 is 19.0. The van der Waals surface area contributed by atoms with Crippen LogP contribution in [-0.4, -0.2) is 28.6 Å². The summed E-state index contributed by atoms with van der Waals surface area (Å²) in [6.45, 7) is -0.245. The average molecular weight is 548 g/mol.